The van der Waals surface area contributed by atoms with E-state index in [1.54, 1.807) is 6.08 Å². The summed E-state index contributed by atoms with van der Waals surface area (Å²) in [5.41, 5.74) is 0.331. The number of halogens is 1. The number of aromatic nitrogens is 1. The van der Waals surface area contributed by atoms with Crippen LogP contribution >= 0.6 is 0 Å². The van der Waals surface area contributed by atoms with Gasteiger partial charge < -0.3 is 10.1 Å². The molecule has 0 aliphatic heterocycles. The monoisotopic (exact) mass is 238 g/mol. The SMILES string of the molecule is C=CCCOCCNC(=O)c1ccc(F)nc1. The van der Waals surface area contributed by atoms with Crippen molar-refractivity contribution < 1.29 is 13.9 Å². The average molecular weight is 238 g/mol. The van der Waals surface area contributed by atoms with Crippen LogP contribution in [0.2, 0.25) is 0 Å². The zero-order chi connectivity index (χ0) is 12.5. The van der Waals surface area contributed by atoms with Crippen molar-refractivity contribution in [3.8, 4) is 0 Å². The summed E-state index contributed by atoms with van der Waals surface area (Å²) < 4.78 is 17.7. The molecular formula is C12H15FN2O2. The van der Waals surface area contributed by atoms with Gasteiger partial charge in [-0.3, -0.25) is 4.79 Å². The molecule has 1 amide bonds. The molecule has 4 nitrogen and oxygen atoms in total. The van der Waals surface area contributed by atoms with Crippen molar-refractivity contribution >= 4 is 5.91 Å². The van der Waals surface area contributed by atoms with E-state index in [4.69, 9.17) is 4.74 Å². The maximum atomic E-state index is 12.5. The second-order valence-corrected chi connectivity index (χ2v) is 3.32. The first-order chi connectivity index (χ1) is 8.24. The quantitative estimate of drug-likeness (QED) is 0.445. The smallest absolute Gasteiger partial charge is 0.252 e. The number of hydrogen-bond acceptors (Lipinski definition) is 3. The molecule has 1 aromatic rings. The lowest BCUT2D eigenvalue weighted by Gasteiger charge is -2.05. The standard InChI is InChI=1S/C12H15FN2O2/c1-2-3-7-17-8-6-14-12(16)10-4-5-11(13)15-9-10/h2,4-5,9H,1,3,6-8H2,(H,14,16). The van der Waals surface area contributed by atoms with Crippen LogP contribution < -0.4 is 5.32 Å². The molecule has 1 aromatic heterocycles. The number of carbonyl (C=O) groups excluding carboxylic acids is 1. The van der Waals surface area contributed by atoms with Crippen LogP contribution in [0.5, 0.6) is 0 Å². The molecule has 1 heterocycles. The summed E-state index contributed by atoms with van der Waals surface area (Å²) in [6.45, 7) is 5.01. The Morgan fingerprint density at radius 1 is 1.53 bits per heavy atom. The number of nitrogens with zero attached hydrogens (tertiary/aromatic N) is 1. The van der Waals surface area contributed by atoms with Gasteiger partial charge in [-0.05, 0) is 18.6 Å². The summed E-state index contributed by atoms with van der Waals surface area (Å²) in [4.78, 5) is 14.9. The van der Waals surface area contributed by atoms with Crippen molar-refractivity contribution in [3.63, 3.8) is 0 Å². The van der Waals surface area contributed by atoms with Crippen molar-refractivity contribution in [2.45, 2.75) is 6.42 Å². The third-order valence-electron chi connectivity index (χ3n) is 1.99. The fraction of sp³-hybridized carbons (Fsp3) is 0.333. The van der Waals surface area contributed by atoms with Crippen LogP contribution in [0.3, 0.4) is 0 Å². The van der Waals surface area contributed by atoms with Crippen LogP contribution in [-0.2, 0) is 4.74 Å². The van der Waals surface area contributed by atoms with E-state index in [0.29, 0.717) is 25.3 Å². The summed E-state index contributed by atoms with van der Waals surface area (Å²) in [5.74, 6) is -0.890. The Balaban J connectivity index is 2.21. The third-order valence-corrected chi connectivity index (χ3v) is 1.99. The number of pyridine rings is 1. The minimum absolute atomic E-state index is 0.287. The second kappa shape index (κ2) is 7.51. The molecule has 1 rings (SSSR count). The van der Waals surface area contributed by atoms with Crippen LogP contribution in [0, 0.1) is 5.95 Å². The minimum atomic E-state index is -0.602. The van der Waals surface area contributed by atoms with E-state index in [-0.39, 0.29) is 5.91 Å². The van der Waals surface area contributed by atoms with Gasteiger partial charge in [0.25, 0.3) is 5.91 Å². The first-order valence-electron chi connectivity index (χ1n) is 5.32. The summed E-state index contributed by atoms with van der Waals surface area (Å²) in [6.07, 6.45) is 3.75. The van der Waals surface area contributed by atoms with E-state index >= 15 is 0 Å². The highest BCUT2D eigenvalue weighted by Gasteiger charge is 2.04. The Kier molecular flexibility index (Phi) is 5.88. The Morgan fingerprint density at radius 3 is 3.00 bits per heavy atom. The van der Waals surface area contributed by atoms with Crippen molar-refractivity contribution in [1.82, 2.24) is 10.3 Å². The lowest BCUT2D eigenvalue weighted by molar-refractivity contribution is 0.0917. The first kappa shape index (κ1) is 13.3. The molecule has 0 saturated carbocycles. The Morgan fingerprint density at radius 2 is 2.35 bits per heavy atom. The van der Waals surface area contributed by atoms with E-state index in [9.17, 15) is 9.18 Å². The Labute approximate surface area is 99.5 Å². The molecule has 0 aromatic carbocycles. The molecule has 5 heteroatoms. The highest BCUT2D eigenvalue weighted by atomic mass is 19.1. The maximum absolute atomic E-state index is 12.5. The number of rotatable bonds is 7. The molecule has 0 fully saturated rings. The van der Waals surface area contributed by atoms with Gasteiger partial charge in [0.05, 0.1) is 18.8 Å². The molecule has 0 unspecified atom stereocenters. The predicted octanol–water partition coefficient (Wildman–Crippen LogP) is 1.54. The number of carbonyl (C=O) groups is 1. The van der Waals surface area contributed by atoms with Gasteiger partial charge in [-0.1, -0.05) is 6.08 Å². The fourth-order valence-electron chi connectivity index (χ4n) is 1.12. The maximum Gasteiger partial charge on any atom is 0.252 e. The molecule has 0 radical (unpaired) electrons. The zero-order valence-corrected chi connectivity index (χ0v) is 9.49. The van der Waals surface area contributed by atoms with Gasteiger partial charge in [-0.15, -0.1) is 6.58 Å². The zero-order valence-electron chi connectivity index (χ0n) is 9.49. The van der Waals surface area contributed by atoms with Crippen LogP contribution in [0.15, 0.2) is 31.0 Å². The first-order valence-corrected chi connectivity index (χ1v) is 5.32. The Hall–Kier alpha value is -1.75. The molecule has 0 saturated heterocycles. The topological polar surface area (TPSA) is 51.2 Å². The molecule has 0 aliphatic rings. The van der Waals surface area contributed by atoms with Gasteiger partial charge in [0.15, 0.2) is 0 Å². The van der Waals surface area contributed by atoms with Crippen LogP contribution in [0.1, 0.15) is 16.8 Å². The normalized spacial score (nSPS) is 9.94. The number of nitrogens with one attached hydrogen (secondary N) is 1. The second-order valence-electron chi connectivity index (χ2n) is 3.32. The van der Waals surface area contributed by atoms with Gasteiger partial charge in [0.1, 0.15) is 0 Å². The molecular weight excluding hydrogens is 223 g/mol. The van der Waals surface area contributed by atoms with Crippen molar-refractivity contribution in [2.24, 2.45) is 0 Å². The third kappa shape index (κ3) is 5.21. The molecule has 17 heavy (non-hydrogen) atoms. The molecule has 1 N–H and O–H groups in total. The molecule has 0 atom stereocenters. The fourth-order valence-corrected chi connectivity index (χ4v) is 1.12. The van der Waals surface area contributed by atoms with Gasteiger partial charge in [0, 0.05) is 12.7 Å². The van der Waals surface area contributed by atoms with Crippen LogP contribution in [-0.4, -0.2) is 30.6 Å². The molecule has 0 aliphatic carbocycles. The van der Waals surface area contributed by atoms with Gasteiger partial charge in [-0.25, -0.2) is 4.98 Å². The predicted molar refractivity (Wildman–Crippen MR) is 62.2 cm³/mol. The number of ether oxygens (including phenoxy) is 1. The largest absolute Gasteiger partial charge is 0.379 e. The van der Waals surface area contributed by atoms with E-state index < -0.39 is 5.95 Å². The lowest BCUT2D eigenvalue weighted by Crippen LogP contribution is -2.27. The number of amides is 1. The highest BCUT2D eigenvalue weighted by molar-refractivity contribution is 5.93. The summed E-state index contributed by atoms with van der Waals surface area (Å²) in [5, 5.41) is 2.64. The van der Waals surface area contributed by atoms with Gasteiger partial charge in [-0.2, -0.15) is 4.39 Å². The molecule has 0 bridgehead atoms. The van der Waals surface area contributed by atoms with Gasteiger partial charge >= 0.3 is 0 Å². The van der Waals surface area contributed by atoms with E-state index in [1.165, 1.54) is 12.3 Å². The summed E-state index contributed by atoms with van der Waals surface area (Å²) in [6, 6.07) is 2.53. The summed E-state index contributed by atoms with van der Waals surface area (Å²) in [7, 11) is 0. The Bertz CT molecular complexity index is 365. The molecule has 92 valence electrons. The van der Waals surface area contributed by atoms with Crippen molar-refractivity contribution in [1.29, 1.82) is 0 Å². The van der Waals surface area contributed by atoms with E-state index in [2.05, 4.69) is 16.9 Å². The summed E-state index contributed by atoms with van der Waals surface area (Å²) >= 11 is 0. The average Bonchev–Trinajstić information content (AvgIpc) is 2.34. The van der Waals surface area contributed by atoms with E-state index in [1.807, 2.05) is 0 Å². The van der Waals surface area contributed by atoms with Crippen molar-refractivity contribution in [3.05, 3.63) is 42.5 Å². The lowest BCUT2D eigenvalue weighted by atomic mass is 10.3. The molecule has 0 spiro atoms. The van der Waals surface area contributed by atoms with Gasteiger partial charge in [0.2, 0.25) is 5.95 Å². The van der Waals surface area contributed by atoms with Crippen molar-refractivity contribution in [2.75, 3.05) is 19.8 Å². The minimum Gasteiger partial charge on any atom is -0.379 e. The van der Waals surface area contributed by atoms with Crippen LogP contribution in [0.4, 0.5) is 4.39 Å². The van der Waals surface area contributed by atoms with E-state index in [0.717, 1.165) is 12.5 Å². The van der Waals surface area contributed by atoms with Crippen LogP contribution in [0.25, 0.3) is 0 Å². The number of hydrogen-bond donors (Lipinski definition) is 1. The highest BCUT2D eigenvalue weighted by Crippen LogP contribution is 1.98.